The quantitative estimate of drug-likeness (QED) is 0.466. The summed E-state index contributed by atoms with van der Waals surface area (Å²) in [5.41, 5.74) is -1.61. The molecule has 0 aromatic carbocycles. The number of nitro groups is 1. The number of esters is 1. The Morgan fingerprint density at radius 3 is 2.52 bits per heavy atom. The molecule has 0 spiro atoms. The summed E-state index contributed by atoms with van der Waals surface area (Å²) in [6.07, 6.45) is -5.17. The number of pyridine rings is 1. The first-order valence-electron chi connectivity index (χ1n) is 5.35. The highest BCUT2D eigenvalue weighted by atomic mass is 19.4. The maximum atomic E-state index is 12.3. The van der Waals surface area contributed by atoms with Crippen molar-refractivity contribution in [2.24, 2.45) is 0 Å². The molecule has 8 nitrogen and oxygen atoms in total. The zero-order chi connectivity index (χ0) is 16.2. The van der Waals surface area contributed by atoms with Gasteiger partial charge in [-0.25, -0.2) is 9.78 Å². The normalized spacial score (nSPS) is 10.9. The molecule has 1 aromatic heterocycles. The van der Waals surface area contributed by atoms with Gasteiger partial charge in [0.05, 0.1) is 24.7 Å². The van der Waals surface area contributed by atoms with E-state index in [1.165, 1.54) is 6.92 Å². The first kappa shape index (κ1) is 16.5. The van der Waals surface area contributed by atoms with Crippen molar-refractivity contribution in [3.05, 3.63) is 21.9 Å². The summed E-state index contributed by atoms with van der Waals surface area (Å²) >= 11 is 0. The van der Waals surface area contributed by atoms with Crippen molar-refractivity contribution in [1.82, 2.24) is 4.98 Å². The number of aromatic nitrogens is 1. The van der Waals surface area contributed by atoms with E-state index in [9.17, 15) is 28.1 Å². The van der Waals surface area contributed by atoms with Gasteiger partial charge in [-0.2, -0.15) is 0 Å². The van der Waals surface area contributed by atoms with E-state index in [-0.39, 0.29) is 6.61 Å². The molecular weight excluding hydrogens is 301 g/mol. The van der Waals surface area contributed by atoms with Crippen molar-refractivity contribution < 1.29 is 37.1 Å². The van der Waals surface area contributed by atoms with Crippen molar-refractivity contribution in [3.8, 4) is 11.6 Å². The van der Waals surface area contributed by atoms with Crippen LogP contribution >= 0.6 is 0 Å². The minimum Gasteiger partial charge on any atom is -0.486 e. The molecule has 0 N–H and O–H groups in total. The van der Waals surface area contributed by atoms with Crippen LogP contribution in [0.3, 0.4) is 0 Å². The molecule has 1 heterocycles. The average molecular weight is 310 g/mol. The highest BCUT2D eigenvalue weighted by molar-refractivity contribution is 5.88. The van der Waals surface area contributed by atoms with Crippen LogP contribution in [-0.2, 0) is 4.74 Å². The van der Waals surface area contributed by atoms with E-state index in [1.54, 1.807) is 0 Å². The van der Waals surface area contributed by atoms with Crippen LogP contribution in [0.25, 0.3) is 0 Å². The van der Waals surface area contributed by atoms with Gasteiger partial charge in [-0.1, -0.05) is 0 Å². The Morgan fingerprint density at radius 1 is 1.48 bits per heavy atom. The van der Waals surface area contributed by atoms with Crippen molar-refractivity contribution in [1.29, 1.82) is 0 Å². The molecule has 1 aromatic rings. The van der Waals surface area contributed by atoms with E-state index in [4.69, 9.17) is 0 Å². The topological polar surface area (TPSA) is 101 Å². The monoisotopic (exact) mass is 310 g/mol. The van der Waals surface area contributed by atoms with Gasteiger partial charge in [-0.05, 0) is 6.92 Å². The van der Waals surface area contributed by atoms with Gasteiger partial charge < -0.3 is 14.2 Å². The summed E-state index contributed by atoms with van der Waals surface area (Å²) < 4.78 is 49.4. The van der Waals surface area contributed by atoms with E-state index < -0.39 is 40.3 Å². The third kappa shape index (κ3) is 4.19. The third-order valence-electron chi connectivity index (χ3n) is 2.02. The van der Waals surface area contributed by atoms with Crippen LogP contribution < -0.4 is 9.47 Å². The van der Waals surface area contributed by atoms with Crippen molar-refractivity contribution >= 4 is 11.7 Å². The van der Waals surface area contributed by atoms with E-state index in [0.717, 1.165) is 7.11 Å². The van der Waals surface area contributed by atoms with Crippen LogP contribution in [0, 0.1) is 10.1 Å². The molecule has 11 heteroatoms. The van der Waals surface area contributed by atoms with Gasteiger partial charge in [0, 0.05) is 0 Å². The lowest BCUT2D eigenvalue weighted by molar-refractivity contribution is -0.386. The number of hydrogen-bond acceptors (Lipinski definition) is 7. The summed E-state index contributed by atoms with van der Waals surface area (Å²) in [5.74, 6) is -3.23. The van der Waals surface area contributed by atoms with Gasteiger partial charge in [0.15, 0.2) is 5.69 Å². The molecule has 0 amide bonds. The second-order valence-corrected chi connectivity index (χ2v) is 3.39. The molecule has 1 rings (SSSR count). The summed E-state index contributed by atoms with van der Waals surface area (Å²) in [4.78, 5) is 24.5. The van der Waals surface area contributed by atoms with Gasteiger partial charge in [0.1, 0.15) is 0 Å². The summed E-state index contributed by atoms with van der Waals surface area (Å²) in [6, 6.07) is 0.639. The molecule has 0 aliphatic carbocycles. The molecule has 0 saturated heterocycles. The smallest absolute Gasteiger partial charge is 0.486 e. The largest absolute Gasteiger partial charge is 0.574 e. The zero-order valence-electron chi connectivity index (χ0n) is 10.8. The minimum atomic E-state index is -5.17. The Bertz CT molecular complexity index is 560. The number of carbonyl (C=O) groups excluding carboxylic acids is 1. The standard InChI is InChI=1S/C10H9F3N2O6/c1-3-20-9(16)5-4-6(15(17)18)7(19-2)8(14-5)21-10(11,12)13/h4H,3H2,1-2H3. The number of halogens is 3. The molecule has 0 aliphatic rings. The Labute approximate surface area is 115 Å². The Hall–Kier alpha value is -2.59. The lowest BCUT2D eigenvalue weighted by Crippen LogP contribution is -2.20. The molecule has 0 bridgehead atoms. The van der Waals surface area contributed by atoms with Gasteiger partial charge in [0.25, 0.3) is 11.6 Å². The van der Waals surface area contributed by atoms with Crippen molar-refractivity contribution in [2.45, 2.75) is 13.3 Å². The molecule has 0 atom stereocenters. The Morgan fingerprint density at radius 2 is 2.10 bits per heavy atom. The summed E-state index contributed by atoms with van der Waals surface area (Å²) in [6.45, 7) is 1.36. The fourth-order valence-corrected chi connectivity index (χ4v) is 1.31. The molecule has 116 valence electrons. The van der Waals surface area contributed by atoms with Crippen LogP contribution in [0.5, 0.6) is 11.6 Å². The number of rotatable bonds is 5. The number of carbonyl (C=O) groups is 1. The molecule has 0 saturated carbocycles. The molecule has 21 heavy (non-hydrogen) atoms. The van der Waals surface area contributed by atoms with Gasteiger partial charge in [-0.15, -0.1) is 13.2 Å². The summed E-state index contributed by atoms with van der Waals surface area (Å²) in [5, 5.41) is 10.8. The number of alkyl halides is 3. The maximum absolute atomic E-state index is 12.3. The minimum absolute atomic E-state index is 0.0875. The van der Waals surface area contributed by atoms with E-state index in [2.05, 4.69) is 19.2 Å². The van der Waals surface area contributed by atoms with Crippen LogP contribution in [0.2, 0.25) is 0 Å². The van der Waals surface area contributed by atoms with Crippen LogP contribution in [0.4, 0.5) is 18.9 Å². The first-order chi connectivity index (χ1) is 9.69. The van der Waals surface area contributed by atoms with E-state index >= 15 is 0 Å². The van der Waals surface area contributed by atoms with Crippen molar-refractivity contribution in [3.63, 3.8) is 0 Å². The Balaban J connectivity index is 3.44. The first-order valence-corrected chi connectivity index (χ1v) is 5.35. The second kappa shape index (κ2) is 6.24. The second-order valence-electron chi connectivity index (χ2n) is 3.39. The van der Waals surface area contributed by atoms with Crippen LogP contribution in [-0.4, -0.2) is 36.0 Å². The molecular formula is C10H9F3N2O6. The fourth-order valence-electron chi connectivity index (χ4n) is 1.31. The lowest BCUT2D eigenvalue weighted by Gasteiger charge is -2.12. The predicted molar refractivity (Wildman–Crippen MR) is 60.1 cm³/mol. The van der Waals surface area contributed by atoms with Crippen LogP contribution in [0.1, 0.15) is 17.4 Å². The number of ether oxygens (including phenoxy) is 3. The molecule has 0 unspecified atom stereocenters. The van der Waals surface area contributed by atoms with E-state index in [1.807, 2.05) is 0 Å². The summed E-state index contributed by atoms with van der Waals surface area (Å²) in [7, 11) is 0.900. The zero-order valence-corrected chi connectivity index (χ0v) is 10.8. The van der Waals surface area contributed by atoms with Crippen molar-refractivity contribution in [2.75, 3.05) is 13.7 Å². The SMILES string of the molecule is CCOC(=O)c1cc([N+](=O)[O-])c(OC)c(OC(F)(F)F)n1. The third-order valence-corrected chi connectivity index (χ3v) is 2.02. The average Bonchev–Trinajstić information content (AvgIpc) is 2.36. The maximum Gasteiger partial charge on any atom is 0.574 e. The number of hydrogen-bond donors (Lipinski definition) is 0. The highest BCUT2D eigenvalue weighted by Crippen LogP contribution is 2.38. The Kier molecular flexibility index (Phi) is 4.89. The number of nitrogens with zero attached hydrogens (tertiary/aromatic N) is 2. The van der Waals surface area contributed by atoms with Gasteiger partial charge in [-0.3, -0.25) is 10.1 Å². The molecule has 0 radical (unpaired) electrons. The lowest BCUT2D eigenvalue weighted by atomic mass is 10.3. The predicted octanol–water partition coefficient (Wildman–Crippen LogP) is 2.07. The fraction of sp³-hybridized carbons (Fsp3) is 0.400. The van der Waals surface area contributed by atoms with E-state index in [0.29, 0.717) is 6.07 Å². The van der Waals surface area contributed by atoms with Gasteiger partial charge in [0.2, 0.25) is 0 Å². The number of methoxy groups -OCH3 is 1. The van der Waals surface area contributed by atoms with Gasteiger partial charge >= 0.3 is 18.0 Å². The molecule has 0 fully saturated rings. The highest BCUT2D eigenvalue weighted by Gasteiger charge is 2.36. The molecule has 0 aliphatic heterocycles. The van der Waals surface area contributed by atoms with Crippen LogP contribution in [0.15, 0.2) is 6.07 Å².